The van der Waals surface area contributed by atoms with E-state index in [-0.39, 0.29) is 18.4 Å². The zero-order valence-corrected chi connectivity index (χ0v) is 19.6. The van der Waals surface area contributed by atoms with Gasteiger partial charge in [-0.3, -0.25) is 14.6 Å². The Bertz CT molecular complexity index is 1260. The van der Waals surface area contributed by atoms with Crippen LogP contribution >= 0.6 is 0 Å². The number of carbonyl (C=O) groups is 2. The van der Waals surface area contributed by atoms with E-state index < -0.39 is 0 Å². The molecule has 0 saturated heterocycles. The molecule has 2 aromatic carbocycles. The molecule has 1 atom stereocenters. The van der Waals surface area contributed by atoms with Crippen LogP contribution in [0.1, 0.15) is 41.9 Å². The van der Waals surface area contributed by atoms with E-state index >= 15 is 0 Å². The van der Waals surface area contributed by atoms with E-state index in [1.54, 1.807) is 23.1 Å². The number of aryl methyl sites for hydroxylation is 1. The van der Waals surface area contributed by atoms with E-state index in [0.717, 1.165) is 41.4 Å². The van der Waals surface area contributed by atoms with Crippen LogP contribution in [0.25, 0.3) is 10.9 Å². The van der Waals surface area contributed by atoms with Gasteiger partial charge in [-0.25, -0.2) is 0 Å². The molecule has 7 nitrogen and oxygen atoms in total. The third-order valence-electron chi connectivity index (χ3n) is 6.55. The number of rotatable bonds is 5. The number of ether oxygens (including phenoxy) is 2. The van der Waals surface area contributed by atoms with Gasteiger partial charge in [0.1, 0.15) is 19.8 Å². The first-order chi connectivity index (χ1) is 16.5. The van der Waals surface area contributed by atoms with Crippen LogP contribution in [0.2, 0.25) is 0 Å². The van der Waals surface area contributed by atoms with Crippen molar-refractivity contribution in [2.24, 2.45) is 5.92 Å². The molecule has 1 N–H and O–H groups in total. The molecule has 5 rings (SSSR count). The largest absolute Gasteiger partial charge is 0.486 e. The average Bonchev–Trinajstić information content (AvgIpc) is 2.85. The number of pyridine rings is 1. The minimum atomic E-state index is -0.257. The van der Waals surface area contributed by atoms with Crippen molar-refractivity contribution in [2.45, 2.75) is 33.1 Å². The Morgan fingerprint density at radius 3 is 2.74 bits per heavy atom. The zero-order valence-electron chi connectivity index (χ0n) is 19.6. The second-order valence-corrected chi connectivity index (χ2v) is 9.00. The number of fused-ring (bicyclic) bond motifs is 3. The second kappa shape index (κ2) is 9.33. The number of hydrogen-bond donors (Lipinski definition) is 1. The van der Waals surface area contributed by atoms with Gasteiger partial charge in [-0.15, -0.1) is 0 Å². The molecule has 1 aliphatic heterocycles. The maximum atomic E-state index is 13.8. The van der Waals surface area contributed by atoms with Gasteiger partial charge in [0.15, 0.2) is 11.5 Å². The van der Waals surface area contributed by atoms with E-state index in [1.165, 1.54) is 0 Å². The number of aromatic nitrogens is 1. The maximum Gasteiger partial charge on any atom is 0.255 e. The van der Waals surface area contributed by atoms with Crippen molar-refractivity contribution in [3.05, 3.63) is 59.3 Å². The number of nitrogens with one attached hydrogen (secondary N) is 1. The first kappa shape index (κ1) is 22.2. The molecule has 2 amide bonds. The lowest BCUT2D eigenvalue weighted by Gasteiger charge is -2.27. The van der Waals surface area contributed by atoms with Crippen LogP contribution < -0.4 is 14.8 Å². The van der Waals surface area contributed by atoms with Crippen LogP contribution in [0.5, 0.6) is 11.5 Å². The summed E-state index contributed by atoms with van der Waals surface area (Å²) in [5, 5.41) is 3.74. The highest BCUT2D eigenvalue weighted by Crippen LogP contribution is 2.33. The summed E-state index contributed by atoms with van der Waals surface area (Å²) >= 11 is 0. The Hall–Kier alpha value is -3.61. The van der Waals surface area contributed by atoms with Crippen molar-refractivity contribution in [3.8, 4) is 11.5 Å². The molecular formula is C27H29N3O4. The normalized spacial score (nSPS) is 16.6. The predicted molar refractivity (Wildman–Crippen MR) is 131 cm³/mol. The lowest BCUT2D eigenvalue weighted by atomic mass is 9.83. The van der Waals surface area contributed by atoms with E-state index in [0.29, 0.717) is 48.4 Å². The molecule has 0 saturated carbocycles. The number of anilines is 1. The van der Waals surface area contributed by atoms with Gasteiger partial charge in [-0.05, 0) is 55.9 Å². The first-order valence-electron chi connectivity index (χ1n) is 11.9. The van der Waals surface area contributed by atoms with Crippen molar-refractivity contribution < 1.29 is 19.1 Å². The summed E-state index contributed by atoms with van der Waals surface area (Å²) in [4.78, 5) is 33.2. The standard InChI is InChI=1S/C27H29N3O4/c1-3-30(16-25(31)28-18-9-11-23-24(15-18)34-13-12-33-23)27(32)26-19-6-4-5-7-21(19)29-22-10-8-17(2)14-20(22)26/h4-7,9,11,15,17H,3,8,10,12-14,16H2,1-2H3,(H,28,31). The minimum Gasteiger partial charge on any atom is -0.486 e. The fourth-order valence-corrected chi connectivity index (χ4v) is 4.79. The van der Waals surface area contributed by atoms with Crippen LogP contribution in [0, 0.1) is 5.92 Å². The molecule has 1 aliphatic carbocycles. The number of hydrogen-bond acceptors (Lipinski definition) is 5. The van der Waals surface area contributed by atoms with E-state index in [2.05, 4.69) is 12.2 Å². The van der Waals surface area contributed by atoms with Gasteiger partial charge < -0.3 is 19.7 Å². The van der Waals surface area contributed by atoms with E-state index in [9.17, 15) is 9.59 Å². The third-order valence-corrected chi connectivity index (χ3v) is 6.55. The van der Waals surface area contributed by atoms with Crippen molar-refractivity contribution >= 4 is 28.4 Å². The van der Waals surface area contributed by atoms with Gasteiger partial charge in [-0.1, -0.05) is 25.1 Å². The Kier molecular flexibility index (Phi) is 6.09. The van der Waals surface area contributed by atoms with Crippen molar-refractivity contribution in [1.82, 2.24) is 9.88 Å². The smallest absolute Gasteiger partial charge is 0.255 e. The maximum absolute atomic E-state index is 13.8. The first-order valence-corrected chi connectivity index (χ1v) is 11.9. The third kappa shape index (κ3) is 4.30. The van der Waals surface area contributed by atoms with E-state index in [4.69, 9.17) is 14.5 Å². The highest BCUT2D eigenvalue weighted by Gasteiger charge is 2.28. The number of carbonyl (C=O) groups excluding carboxylic acids is 2. The quantitative estimate of drug-likeness (QED) is 0.618. The molecule has 2 aliphatic rings. The topological polar surface area (TPSA) is 80.8 Å². The molecule has 34 heavy (non-hydrogen) atoms. The molecular weight excluding hydrogens is 430 g/mol. The monoisotopic (exact) mass is 459 g/mol. The van der Waals surface area contributed by atoms with Crippen LogP contribution in [0.3, 0.4) is 0 Å². The lowest BCUT2D eigenvalue weighted by Crippen LogP contribution is -2.39. The van der Waals surface area contributed by atoms with Crippen molar-refractivity contribution in [1.29, 1.82) is 0 Å². The molecule has 2 heterocycles. The Morgan fingerprint density at radius 2 is 1.91 bits per heavy atom. The van der Waals surface area contributed by atoms with Gasteiger partial charge in [0, 0.05) is 29.4 Å². The zero-order chi connectivity index (χ0) is 23.7. The molecule has 1 unspecified atom stereocenters. The number of para-hydroxylation sites is 1. The van der Waals surface area contributed by atoms with Crippen LogP contribution in [0.4, 0.5) is 5.69 Å². The van der Waals surface area contributed by atoms with Gasteiger partial charge in [0.05, 0.1) is 11.1 Å². The summed E-state index contributed by atoms with van der Waals surface area (Å²) in [5.74, 6) is 1.39. The Balaban J connectivity index is 1.40. The Labute approximate surface area is 199 Å². The molecule has 1 aromatic heterocycles. The molecule has 0 bridgehead atoms. The van der Waals surface area contributed by atoms with Crippen molar-refractivity contribution in [3.63, 3.8) is 0 Å². The molecule has 7 heteroatoms. The molecule has 0 spiro atoms. The summed E-state index contributed by atoms with van der Waals surface area (Å²) in [5.41, 5.74) is 4.18. The number of likely N-dealkylation sites (N-methyl/N-ethyl adjacent to an activating group) is 1. The summed E-state index contributed by atoms with van der Waals surface area (Å²) < 4.78 is 11.1. The van der Waals surface area contributed by atoms with Crippen LogP contribution in [0.15, 0.2) is 42.5 Å². The summed E-state index contributed by atoms with van der Waals surface area (Å²) in [6.45, 7) is 5.49. The molecule has 3 aromatic rings. The summed E-state index contributed by atoms with van der Waals surface area (Å²) in [6, 6.07) is 13.1. The van der Waals surface area contributed by atoms with Crippen molar-refractivity contribution in [2.75, 3.05) is 31.6 Å². The second-order valence-electron chi connectivity index (χ2n) is 9.00. The molecule has 176 valence electrons. The number of amides is 2. The van der Waals surface area contributed by atoms with Gasteiger partial charge in [0.2, 0.25) is 5.91 Å². The van der Waals surface area contributed by atoms with Crippen LogP contribution in [-0.4, -0.2) is 48.0 Å². The summed E-state index contributed by atoms with van der Waals surface area (Å²) in [6.07, 6.45) is 2.77. The average molecular weight is 460 g/mol. The summed E-state index contributed by atoms with van der Waals surface area (Å²) in [7, 11) is 0. The number of nitrogens with zero attached hydrogens (tertiary/aromatic N) is 2. The van der Waals surface area contributed by atoms with Crippen LogP contribution in [-0.2, 0) is 17.6 Å². The highest BCUT2D eigenvalue weighted by molar-refractivity contribution is 6.09. The lowest BCUT2D eigenvalue weighted by molar-refractivity contribution is -0.116. The molecule has 0 fully saturated rings. The fourth-order valence-electron chi connectivity index (χ4n) is 4.79. The van der Waals surface area contributed by atoms with Gasteiger partial charge in [-0.2, -0.15) is 0 Å². The minimum absolute atomic E-state index is 0.0370. The van der Waals surface area contributed by atoms with E-state index in [1.807, 2.05) is 31.2 Å². The van der Waals surface area contributed by atoms with Gasteiger partial charge in [0.25, 0.3) is 5.91 Å². The molecule has 0 radical (unpaired) electrons. The predicted octanol–water partition coefficient (Wildman–Crippen LogP) is 4.23. The highest BCUT2D eigenvalue weighted by atomic mass is 16.6. The number of benzene rings is 2. The SMILES string of the molecule is CCN(CC(=O)Nc1ccc2c(c1)OCCO2)C(=O)c1c2c(nc3ccccc13)CCC(C)C2. The Morgan fingerprint density at radius 1 is 1.12 bits per heavy atom. The van der Waals surface area contributed by atoms with Gasteiger partial charge >= 0.3 is 0 Å². The fraction of sp³-hybridized carbons (Fsp3) is 0.370.